The molecule has 0 saturated carbocycles. The number of aromatic nitrogens is 2. The number of amides is 1. The average molecular weight is 715 g/mol. The van der Waals surface area contributed by atoms with Gasteiger partial charge in [0.25, 0.3) is 5.91 Å². The highest BCUT2D eigenvalue weighted by atomic mass is 19.1. The van der Waals surface area contributed by atoms with E-state index in [9.17, 15) is 23.2 Å². The van der Waals surface area contributed by atoms with E-state index in [1.807, 2.05) is 16.8 Å². The number of benzene rings is 3. The molecule has 0 unspecified atom stereocenters. The standard InChI is InChI=1S/C40H42F2N3O7/c1-5-44(30-19-28(41)18-29(42)20-30)39(47)36-26-45(31-21-33(49-2)23-34(22-31)50-3)37-24-32(13-14-35(37)38(36)46)52-17-10-8-6-7-9-15-43-16-11-12-27(25-43)40(48)51-4/h11-14,16,18-26H,5-10,15,17H2,1-4H3/q+1. The summed E-state index contributed by atoms with van der Waals surface area (Å²) < 4.78 is 53.8. The van der Waals surface area contributed by atoms with E-state index in [-0.39, 0.29) is 29.2 Å². The van der Waals surface area contributed by atoms with Crippen LogP contribution >= 0.6 is 0 Å². The molecule has 5 aromatic rings. The van der Waals surface area contributed by atoms with Crippen molar-refractivity contribution >= 4 is 28.5 Å². The maximum absolute atomic E-state index is 14.1. The van der Waals surface area contributed by atoms with Gasteiger partial charge in [-0.1, -0.05) is 12.8 Å². The van der Waals surface area contributed by atoms with Crippen LogP contribution in [-0.2, 0) is 11.3 Å². The molecule has 0 N–H and O–H groups in total. The van der Waals surface area contributed by atoms with Crippen LogP contribution in [0.1, 0.15) is 59.7 Å². The molecule has 52 heavy (non-hydrogen) atoms. The number of ether oxygens (including phenoxy) is 4. The van der Waals surface area contributed by atoms with Gasteiger partial charge >= 0.3 is 5.97 Å². The number of unbranched alkanes of at least 4 members (excludes halogenated alkanes) is 4. The third-order valence-electron chi connectivity index (χ3n) is 8.65. The number of anilines is 1. The molecule has 2 aromatic heterocycles. The lowest BCUT2D eigenvalue weighted by Crippen LogP contribution is -2.35. The Labute approximate surface area is 300 Å². The van der Waals surface area contributed by atoms with Crippen molar-refractivity contribution in [3.63, 3.8) is 0 Å². The number of esters is 1. The van der Waals surface area contributed by atoms with E-state index in [0.29, 0.717) is 40.6 Å². The van der Waals surface area contributed by atoms with Crippen molar-refractivity contribution in [2.24, 2.45) is 0 Å². The number of methoxy groups -OCH3 is 3. The fourth-order valence-electron chi connectivity index (χ4n) is 5.99. The van der Waals surface area contributed by atoms with Crippen molar-refractivity contribution in [3.05, 3.63) is 118 Å². The number of rotatable bonds is 16. The number of fused-ring (bicyclic) bond motifs is 1. The van der Waals surface area contributed by atoms with Gasteiger partial charge < -0.3 is 28.4 Å². The number of carbonyl (C=O) groups is 2. The second kappa shape index (κ2) is 17.4. The number of nitrogens with zero attached hydrogens (tertiary/aromatic N) is 3. The second-order valence-electron chi connectivity index (χ2n) is 12.1. The maximum Gasteiger partial charge on any atom is 0.343 e. The van der Waals surface area contributed by atoms with Crippen molar-refractivity contribution in [2.75, 3.05) is 39.4 Å². The molecular weight excluding hydrogens is 672 g/mol. The van der Waals surface area contributed by atoms with Gasteiger partial charge in [-0.05, 0) is 50.1 Å². The van der Waals surface area contributed by atoms with Crippen LogP contribution in [0.15, 0.2) is 90.1 Å². The zero-order valence-electron chi connectivity index (χ0n) is 29.7. The van der Waals surface area contributed by atoms with Gasteiger partial charge in [-0.25, -0.2) is 18.1 Å². The quantitative estimate of drug-likeness (QED) is 0.0614. The summed E-state index contributed by atoms with van der Waals surface area (Å²) >= 11 is 0. The van der Waals surface area contributed by atoms with Gasteiger partial charge in [-0.3, -0.25) is 9.59 Å². The first-order chi connectivity index (χ1) is 25.1. The van der Waals surface area contributed by atoms with Crippen molar-refractivity contribution in [3.8, 4) is 22.9 Å². The van der Waals surface area contributed by atoms with Crippen LogP contribution in [0.4, 0.5) is 14.5 Å². The number of aryl methyl sites for hydroxylation is 1. The topological polar surface area (TPSA) is 100 Å². The largest absolute Gasteiger partial charge is 0.497 e. The van der Waals surface area contributed by atoms with Gasteiger partial charge in [0.05, 0.1) is 39.1 Å². The minimum Gasteiger partial charge on any atom is -0.497 e. The van der Waals surface area contributed by atoms with Crippen LogP contribution < -0.4 is 29.1 Å². The first-order valence-electron chi connectivity index (χ1n) is 17.1. The molecule has 1 amide bonds. The monoisotopic (exact) mass is 714 g/mol. The minimum atomic E-state index is -0.841. The van der Waals surface area contributed by atoms with Crippen molar-refractivity contribution in [1.29, 1.82) is 0 Å². The lowest BCUT2D eigenvalue weighted by Gasteiger charge is -2.22. The molecule has 0 aliphatic heterocycles. The number of hydrogen-bond donors (Lipinski definition) is 0. The molecule has 0 atom stereocenters. The molecular formula is C40H42F2N3O7+. The maximum atomic E-state index is 14.1. The fraction of sp³-hybridized carbons (Fsp3) is 0.300. The van der Waals surface area contributed by atoms with Gasteiger partial charge in [-0.15, -0.1) is 0 Å². The summed E-state index contributed by atoms with van der Waals surface area (Å²) in [5.41, 5.74) is 0.802. The van der Waals surface area contributed by atoms with Crippen LogP contribution in [0.5, 0.6) is 17.2 Å². The van der Waals surface area contributed by atoms with Gasteiger partial charge in [0.1, 0.15) is 46.6 Å². The molecule has 10 nitrogen and oxygen atoms in total. The molecule has 0 saturated heterocycles. The Balaban J connectivity index is 1.34. The molecule has 0 radical (unpaired) electrons. The molecule has 0 fully saturated rings. The highest BCUT2D eigenvalue weighted by Gasteiger charge is 2.24. The van der Waals surface area contributed by atoms with E-state index < -0.39 is 23.0 Å². The average Bonchev–Trinajstić information content (AvgIpc) is 3.15. The van der Waals surface area contributed by atoms with Gasteiger partial charge in [0.2, 0.25) is 5.43 Å². The Morgan fingerprint density at radius 3 is 2.19 bits per heavy atom. The Morgan fingerprint density at radius 1 is 0.827 bits per heavy atom. The summed E-state index contributed by atoms with van der Waals surface area (Å²) in [6.45, 7) is 2.98. The zero-order valence-corrected chi connectivity index (χ0v) is 29.7. The normalized spacial score (nSPS) is 11.0. The molecule has 272 valence electrons. The summed E-state index contributed by atoms with van der Waals surface area (Å²) in [6.07, 6.45) is 9.94. The van der Waals surface area contributed by atoms with Crippen LogP contribution in [0.25, 0.3) is 16.6 Å². The number of pyridine rings is 2. The summed E-state index contributed by atoms with van der Waals surface area (Å²) in [5, 5.41) is 0.247. The lowest BCUT2D eigenvalue weighted by molar-refractivity contribution is -0.697. The van der Waals surface area contributed by atoms with Crippen LogP contribution in [0.2, 0.25) is 0 Å². The second-order valence-corrected chi connectivity index (χ2v) is 12.1. The van der Waals surface area contributed by atoms with Crippen LogP contribution in [-0.4, -0.2) is 50.9 Å². The van der Waals surface area contributed by atoms with E-state index in [0.717, 1.165) is 61.7 Å². The van der Waals surface area contributed by atoms with E-state index in [1.54, 1.807) is 60.2 Å². The fourth-order valence-corrected chi connectivity index (χ4v) is 5.99. The smallest absolute Gasteiger partial charge is 0.343 e. The molecule has 5 rings (SSSR count). The first kappa shape index (κ1) is 37.5. The van der Waals surface area contributed by atoms with E-state index in [4.69, 9.17) is 18.9 Å². The summed E-state index contributed by atoms with van der Waals surface area (Å²) in [6, 6.07) is 16.6. The van der Waals surface area contributed by atoms with Gasteiger partial charge in [0.15, 0.2) is 12.4 Å². The minimum absolute atomic E-state index is 0.00726. The zero-order chi connectivity index (χ0) is 37.2. The molecule has 3 aromatic carbocycles. The number of hydrogen-bond acceptors (Lipinski definition) is 7. The SMILES string of the molecule is CCN(C(=O)c1cn(-c2cc(OC)cc(OC)c2)c2cc(OCCCCCCC[n+]3cccc(C(=O)OC)c3)ccc2c1=O)c1cc(F)cc(F)c1. The van der Waals surface area contributed by atoms with Crippen LogP contribution in [0.3, 0.4) is 0 Å². The highest BCUT2D eigenvalue weighted by Crippen LogP contribution is 2.30. The summed E-state index contributed by atoms with van der Waals surface area (Å²) in [4.78, 5) is 40.8. The predicted octanol–water partition coefficient (Wildman–Crippen LogP) is 7.06. The van der Waals surface area contributed by atoms with Gasteiger partial charge in [0, 0.05) is 66.6 Å². The summed E-state index contributed by atoms with van der Waals surface area (Å²) in [5.74, 6) is -1.23. The Morgan fingerprint density at radius 2 is 1.52 bits per heavy atom. The number of halogens is 2. The molecule has 12 heteroatoms. The third-order valence-corrected chi connectivity index (χ3v) is 8.65. The van der Waals surface area contributed by atoms with Crippen molar-refractivity contribution in [1.82, 2.24) is 4.57 Å². The van der Waals surface area contributed by atoms with Crippen LogP contribution in [0, 0.1) is 11.6 Å². The van der Waals surface area contributed by atoms with E-state index in [2.05, 4.69) is 0 Å². The van der Waals surface area contributed by atoms with E-state index >= 15 is 0 Å². The molecule has 0 aliphatic carbocycles. The molecule has 0 aliphatic rings. The molecule has 2 heterocycles. The predicted molar refractivity (Wildman–Crippen MR) is 193 cm³/mol. The Hall–Kier alpha value is -5.78. The third kappa shape index (κ3) is 8.92. The number of carbonyl (C=O) groups excluding carboxylic acids is 2. The van der Waals surface area contributed by atoms with Crippen molar-refractivity contribution in [2.45, 2.75) is 45.6 Å². The highest BCUT2D eigenvalue weighted by molar-refractivity contribution is 6.07. The molecule has 0 spiro atoms. The Kier molecular flexibility index (Phi) is 12.6. The summed E-state index contributed by atoms with van der Waals surface area (Å²) in [7, 11) is 4.40. The van der Waals surface area contributed by atoms with E-state index in [1.165, 1.54) is 27.5 Å². The van der Waals surface area contributed by atoms with Crippen molar-refractivity contribution < 1.29 is 41.9 Å². The first-order valence-corrected chi connectivity index (χ1v) is 17.1. The molecule has 0 bridgehead atoms. The Bertz CT molecular complexity index is 2080. The lowest BCUT2D eigenvalue weighted by atomic mass is 10.1. The van der Waals surface area contributed by atoms with Gasteiger partial charge in [-0.2, -0.15) is 0 Å².